The molecule has 3 heterocycles. The van der Waals surface area contributed by atoms with E-state index in [9.17, 15) is 9.59 Å². The number of benzene rings is 1. The van der Waals surface area contributed by atoms with E-state index >= 15 is 0 Å². The van der Waals surface area contributed by atoms with Gasteiger partial charge in [0.2, 0.25) is 0 Å². The summed E-state index contributed by atoms with van der Waals surface area (Å²) in [5, 5.41) is 10.1. The first-order chi connectivity index (χ1) is 13.9. The molecular weight excluding hydrogens is 368 g/mol. The van der Waals surface area contributed by atoms with Gasteiger partial charge in [0.15, 0.2) is 0 Å². The van der Waals surface area contributed by atoms with Crippen LogP contribution in [0.25, 0.3) is 5.69 Å². The SMILES string of the molecule is Cc1ccc(-n2[nH]c(C(=O)Nc3cnn(C4CCN(C)CC4)c3)cc2=O)cc1C. The summed E-state index contributed by atoms with van der Waals surface area (Å²) < 4.78 is 3.30. The minimum Gasteiger partial charge on any atom is -0.318 e. The molecule has 2 N–H and O–H groups in total. The van der Waals surface area contributed by atoms with E-state index in [0.717, 1.165) is 37.1 Å². The van der Waals surface area contributed by atoms with Crippen LogP contribution in [0.4, 0.5) is 5.69 Å². The van der Waals surface area contributed by atoms with E-state index in [1.54, 1.807) is 6.20 Å². The number of aryl methyl sites for hydroxylation is 2. The Balaban J connectivity index is 1.48. The number of aromatic nitrogens is 4. The number of hydrogen-bond donors (Lipinski definition) is 2. The fraction of sp³-hybridized carbons (Fsp3) is 0.381. The van der Waals surface area contributed by atoms with E-state index in [0.29, 0.717) is 17.4 Å². The summed E-state index contributed by atoms with van der Waals surface area (Å²) in [6.07, 6.45) is 5.58. The van der Waals surface area contributed by atoms with Gasteiger partial charge in [0.25, 0.3) is 11.5 Å². The summed E-state index contributed by atoms with van der Waals surface area (Å²) in [4.78, 5) is 27.3. The lowest BCUT2D eigenvalue weighted by molar-refractivity contribution is 0.102. The normalized spacial score (nSPS) is 15.6. The van der Waals surface area contributed by atoms with Crippen molar-refractivity contribution in [2.45, 2.75) is 32.7 Å². The number of aromatic amines is 1. The highest BCUT2D eigenvalue weighted by molar-refractivity contribution is 6.02. The minimum atomic E-state index is -0.368. The second-order valence-corrected chi connectivity index (χ2v) is 7.81. The van der Waals surface area contributed by atoms with Gasteiger partial charge in [0.1, 0.15) is 5.69 Å². The Morgan fingerprint density at radius 3 is 2.66 bits per heavy atom. The molecule has 3 aromatic rings. The van der Waals surface area contributed by atoms with Crippen LogP contribution in [0.3, 0.4) is 0 Å². The third kappa shape index (κ3) is 4.02. The fourth-order valence-corrected chi connectivity index (χ4v) is 3.63. The number of nitrogens with one attached hydrogen (secondary N) is 2. The highest BCUT2D eigenvalue weighted by atomic mass is 16.2. The zero-order valence-corrected chi connectivity index (χ0v) is 17.0. The molecule has 0 spiro atoms. The number of likely N-dealkylation sites (tertiary alicyclic amines) is 1. The molecule has 0 unspecified atom stereocenters. The molecule has 1 aromatic carbocycles. The molecule has 0 radical (unpaired) electrons. The van der Waals surface area contributed by atoms with Crippen molar-refractivity contribution >= 4 is 11.6 Å². The number of H-pyrrole nitrogens is 1. The quantitative estimate of drug-likeness (QED) is 0.712. The van der Waals surface area contributed by atoms with Gasteiger partial charge in [-0.3, -0.25) is 19.4 Å². The number of carbonyl (C=O) groups is 1. The van der Waals surface area contributed by atoms with E-state index in [2.05, 4.69) is 27.5 Å². The van der Waals surface area contributed by atoms with Crippen molar-refractivity contribution in [2.24, 2.45) is 0 Å². The number of rotatable bonds is 4. The van der Waals surface area contributed by atoms with Crippen molar-refractivity contribution in [2.75, 3.05) is 25.5 Å². The fourth-order valence-electron chi connectivity index (χ4n) is 3.63. The van der Waals surface area contributed by atoms with Gasteiger partial charge in [-0.1, -0.05) is 6.07 Å². The summed E-state index contributed by atoms with van der Waals surface area (Å²) in [6.45, 7) is 6.09. The summed E-state index contributed by atoms with van der Waals surface area (Å²) in [7, 11) is 2.12. The molecule has 152 valence electrons. The third-order valence-electron chi connectivity index (χ3n) is 5.64. The van der Waals surface area contributed by atoms with Crippen LogP contribution >= 0.6 is 0 Å². The number of nitrogens with zero attached hydrogens (tertiary/aromatic N) is 4. The lowest BCUT2D eigenvalue weighted by atomic mass is 10.1. The maximum absolute atomic E-state index is 12.6. The molecule has 1 aliphatic heterocycles. The molecular formula is C21H26N6O2. The summed E-state index contributed by atoms with van der Waals surface area (Å²) in [5.41, 5.74) is 3.48. The average Bonchev–Trinajstić information content (AvgIpc) is 3.31. The van der Waals surface area contributed by atoms with Gasteiger partial charge >= 0.3 is 0 Å². The van der Waals surface area contributed by atoms with Crippen LogP contribution in [-0.2, 0) is 0 Å². The first-order valence-corrected chi connectivity index (χ1v) is 9.84. The Labute approximate surface area is 169 Å². The number of hydrogen-bond acceptors (Lipinski definition) is 4. The summed E-state index contributed by atoms with van der Waals surface area (Å²) in [5.74, 6) is -0.368. The number of carbonyl (C=O) groups excluding carboxylic acids is 1. The van der Waals surface area contributed by atoms with Gasteiger partial charge in [-0.15, -0.1) is 0 Å². The topological polar surface area (TPSA) is 87.9 Å². The van der Waals surface area contributed by atoms with Crippen molar-refractivity contribution in [1.29, 1.82) is 0 Å². The molecule has 1 aliphatic rings. The average molecular weight is 394 g/mol. The van der Waals surface area contributed by atoms with Crippen LogP contribution in [0.1, 0.15) is 40.5 Å². The van der Waals surface area contributed by atoms with Crippen LogP contribution in [0.5, 0.6) is 0 Å². The Hall–Kier alpha value is -3.13. The van der Waals surface area contributed by atoms with Gasteiger partial charge < -0.3 is 10.2 Å². The molecule has 0 bridgehead atoms. The Bertz CT molecular complexity index is 1080. The molecule has 0 aliphatic carbocycles. The maximum Gasteiger partial charge on any atom is 0.273 e. The van der Waals surface area contributed by atoms with E-state index in [4.69, 9.17) is 0 Å². The molecule has 2 aromatic heterocycles. The van der Waals surface area contributed by atoms with Crippen molar-refractivity contribution in [1.82, 2.24) is 24.5 Å². The Morgan fingerprint density at radius 2 is 1.93 bits per heavy atom. The van der Waals surface area contributed by atoms with Gasteiger partial charge in [-0.25, -0.2) is 4.68 Å². The predicted octanol–water partition coefficient (Wildman–Crippen LogP) is 2.50. The van der Waals surface area contributed by atoms with E-state index < -0.39 is 0 Å². The van der Waals surface area contributed by atoms with Gasteiger partial charge in [0.05, 0.1) is 23.6 Å². The molecule has 0 saturated carbocycles. The lowest BCUT2D eigenvalue weighted by Crippen LogP contribution is -2.31. The summed E-state index contributed by atoms with van der Waals surface area (Å²) in [6, 6.07) is 7.39. The molecule has 1 amide bonds. The predicted molar refractivity (Wildman–Crippen MR) is 112 cm³/mol. The Morgan fingerprint density at radius 1 is 1.17 bits per heavy atom. The Kier molecular flexibility index (Phi) is 5.10. The first kappa shape index (κ1) is 19.2. The molecule has 29 heavy (non-hydrogen) atoms. The monoisotopic (exact) mass is 394 g/mol. The van der Waals surface area contributed by atoms with Crippen LogP contribution < -0.4 is 10.9 Å². The number of amides is 1. The highest BCUT2D eigenvalue weighted by Crippen LogP contribution is 2.22. The van der Waals surface area contributed by atoms with Crippen LogP contribution in [0, 0.1) is 13.8 Å². The van der Waals surface area contributed by atoms with Crippen molar-refractivity contribution in [3.8, 4) is 5.69 Å². The first-order valence-electron chi connectivity index (χ1n) is 9.84. The van der Waals surface area contributed by atoms with E-state index in [1.165, 1.54) is 10.7 Å². The second-order valence-electron chi connectivity index (χ2n) is 7.81. The van der Waals surface area contributed by atoms with Crippen LogP contribution in [-0.4, -0.2) is 50.5 Å². The highest BCUT2D eigenvalue weighted by Gasteiger charge is 2.20. The van der Waals surface area contributed by atoms with Crippen LogP contribution in [0.2, 0.25) is 0 Å². The van der Waals surface area contributed by atoms with Gasteiger partial charge in [-0.05, 0) is 70.1 Å². The lowest BCUT2D eigenvalue weighted by Gasteiger charge is -2.28. The zero-order chi connectivity index (χ0) is 20.5. The van der Waals surface area contributed by atoms with E-state index in [1.807, 2.05) is 42.9 Å². The molecule has 0 atom stereocenters. The van der Waals surface area contributed by atoms with Gasteiger partial charge in [0, 0.05) is 12.3 Å². The summed E-state index contributed by atoms with van der Waals surface area (Å²) >= 11 is 0. The third-order valence-corrected chi connectivity index (χ3v) is 5.64. The van der Waals surface area contributed by atoms with Crippen LogP contribution in [0.15, 0.2) is 41.5 Å². The van der Waals surface area contributed by atoms with Crippen molar-refractivity contribution in [3.63, 3.8) is 0 Å². The number of anilines is 1. The van der Waals surface area contributed by atoms with Crippen molar-refractivity contribution < 1.29 is 4.79 Å². The van der Waals surface area contributed by atoms with Gasteiger partial charge in [-0.2, -0.15) is 5.10 Å². The van der Waals surface area contributed by atoms with Crippen molar-refractivity contribution in [3.05, 3.63) is 63.8 Å². The molecule has 8 heteroatoms. The molecule has 4 rings (SSSR count). The largest absolute Gasteiger partial charge is 0.318 e. The minimum absolute atomic E-state index is 0.209. The molecule has 1 saturated heterocycles. The standard InChI is InChI=1S/C21H26N6O2/c1-14-4-5-18(10-15(14)2)27-20(28)11-19(24-27)21(29)23-16-12-22-26(13-16)17-6-8-25(3)9-7-17/h4-5,10-13,17,24H,6-9H2,1-3H3,(H,23,29). The second kappa shape index (κ2) is 7.71. The maximum atomic E-state index is 12.6. The smallest absolute Gasteiger partial charge is 0.273 e. The number of piperidine rings is 1. The zero-order valence-electron chi connectivity index (χ0n) is 17.0. The molecule has 8 nitrogen and oxygen atoms in total. The molecule has 1 fully saturated rings. The van der Waals surface area contributed by atoms with E-state index in [-0.39, 0.29) is 17.2 Å².